The highest BCUT2D eigenvalue weighted by Gasteiger charge is 2.22. The maximum atomic E-state index is 12.1. The first-order valence-electron chi connectivity index (χ1n) is 11.8. The Morgan fingerprint density at radius 3 is 2.06 bits per heavy atom. The molecule has 1 aromatic heterocycles. The van der Waals surface area contributed by atoms with Gasteiger partial charge in [0.25, 0.3) is 5.69 Å². The van der Waals surface area contributed by atoms with Crippen LogP contribution in [-0.4, -0.2) is 4.92 Å². The number of hydrogen-bond donors (Lipinski definition) is 0. The second-order valence-corrected chi connectivity index (χ2v) is 8.96. The number of furan rings is 1. The highest BCUT2D eigenvalue weighted by molar-refractivity contribution is 6.28. The van der Waals surface area contributed by atoms with Crippen LogP contribution in [0.2, 0.25) is 0 Å². The first kappa shape index (κ1) is 20.4. The van der Waals surface area contributed by atoms with E-state index in [0.717, 1.165) is 60.2 Å². The molecule has 36 heavy (non-hydrogen) atoms. The van der Waals surface area contributed by atoms with Gasteiger partial charge in [0.15, 0.2) is 0 Å². The summed E-state index contributed by atoms with van der Waals surface area (Å²) in [5.41, 5.74) is 4.88. The second-order valence-electron chi connectivity index (χ2n) is 8.96. The maximum Gasteiger partial charge on any atom is 0.277 e. The van der Waals surface area contributed by atoms with Crippen LogP contribution in [0.15, 0.2) is 120 Å². The monoisotopic (exact) mass is 465 g/mol. The van der Waals surface area contributed by atoms with Crippen LogP contribution in [0.25, 0.3) is 65.7 Å². The minimum atomic E-state index is -0.310. The molecule has 170 valence electrons. The molecule has 0 saturated carbocycles. The molecule has 0 atom stereocenters. The molecule has 0 N–H and O–H groups in total. The summed E-state index contributed by atoms with van der Waals surface area (Å²) in [6, 6.07) is 37.7. The van der Waals surface area contributed by atoms with Crippen LogP contribution >= 0.6 is 0 Å². The molecule has 0 aliphatic heterocycles. The van der Waals surface area contributed by atoms with E-state index in [9.17, 15) is 10.1 Å². The predicted molar refractivity (Wildman–Crippen MR) is 146 cm³/mol. The highest BCUT2D eigenvalue weighted by atomic mass is 16.6. The lowest BCUT2D eigenvalue weighted by atomic mass is 9.91. The lowest BCUT2D eigenvalue weighted by Gasteiger charge is -2.11. The molecular weight excluding hydrogens is 446 g/mol. The average Bonchev–Trinajstić information content (AvgIpc) is 3.32. The molecule has 0 unspecified atom stereocenters. The molecule has 7 rings (SSSR count). The fraction of sp³-hybridized carbons (Fsp3) is 0. The van der Waals surface area contributed by atoms with Crippen molar-refractivity contribution >= 4 is 49.2 Å². The van der Waals surface area contributed by atoms with Gasteiger partial charge in [-0.3, -0.25) is 10.1 Å². The van der Waals surface area contributed by atoms with Crippen LogP contribution in [0.1, 0.15) is 0 Å². The van der Waals surface area contributed by atoms with Gasteiger partial charge >= 0.3 is 0 Å². The smallest absolute Gasteiger partial charge is 0.277 e. The van der Waals surface area contributed by atoms with Gasteiger partial charge in [-0.05, 0) is 56.9 Å². The number of fused-ring (bicyclic) bond motifs is 7. The van der Waals surface area contributed by atoms with Gasteiger partial charge in [-0.25, -0.2) is 0 Å². The quantitative estimate of drug-likeness (QED) is 0.193. The van der Waals surface area contributed by atoms with Gasteiger partial charge in [0.05, 0.1) is 10.5 Å². The summed E-state index contributed by atoms with van der Waals surface area (Å²) in [4.78, 5) is 11.8. The van der Waals surface area contributed by atoms with Crippen molar-refractivity contribution in [3.8, 4) is 22.3 Å². The molecule has 0 bridgehead atoms. The Kier molecular flexibility index (Phi) is 4.42. The Balaban J connectivity index is 1.61. The molecule has 4 heteroatoms. The van der Waals surface area contributed by atoms with E-state index < -0.39 is 0 Å². The second kappa shape index (κ2) is 7.79. The van der Waals surface area contributed by atoms with E-state index in [1.54, 1.807) is 6.07 Å². The minimum absolute atomic E-state index is 0.0701. The molecule has 0 amide bonds. The molecule has 0 aliphatic rings. The van der Waals surface area contributed by atoms with Gasteiger partial charge in [-0.15, -0.1) is 0 Å². The first-order valence-corrected chi connectivity index (χ1v) is 11.8. The van der Waals surface area contributed by atoms with Crippen LogP contribution in [0, 0.1) is 10.1 Å². The molecule has 4 nitrogen and oxygen atoms in total. The zero-order chi connectivity index (χ0) is 24.2. The van der Waals surface area contributed by atoms with E-state index in [4.69, 9.17) is 4.42 Å². The van der Waals surface area contributed by atoms with Gasteiger partial charge in [0, 0.05) is 22.4 Å². The van der Waals surface area contributed by atoms with Crippen LogP contribution < -0.4 is 0 Å². The fourth-order valence-corrected chi connectivity index (χ4v) is 5.34. The van der Waals surface area contributed by atoms with Crippen molar-refractivity contribution < 1.29 is 9.34 Å². The third kappa shape index (κ3) is 3.01. The highest BCUT2D eigenvalue weighted by Crippen LogP contribution is 2.44. The standard InChI is InChI=1S/C32H19NO3/c34-33(35)28-16-14-22(20-8-2-1-3-9-20)18-27(28)26-19-30-32(25-13-7-6-12-24(25)26)31-23-11-5-4-10-21(23)15-17-29(31)36-30/h1-19H. The van der Waals surface area contributed by atoms with Crippen molar-refractivity contribution in [1.29, 1.82) is 0 Å². The molecule has 1 heterocycles. The molecule has 7 aromatic rings. The maximum absolute atomic E-state index is 12.1. The van der Waals surface area contributed by atoms with Gasteiger partial charge in [0.1, 0.15) is 11.2 Å². The average molecular weight is 466 g/mol. The zero-order valence-electron chi connectivity index (χ0n) is 19.1. The van der Waals surface area contributed by atoms with Gasteiger partial charge < -0.3 is 4.42 Å². The third-order valence-corrected chi connectivity index (χ3v) is 6.96. The Hall–Kier alpha value is -4.96. The summed E-state index contributed by atoms with van der Waals surface area (Å²) in [6.45, 7) is 0. The number of hydrogen-bond acceptors (Lipinski definition) is 3. The summed E-state index contributed by atoms with van der Waals surface area (Å²) in [6.07, 6.45) is 0. The Morgan fingerprint density at radius 2 is 1.25 bits per heavy atom. The predicted octanol–water partition coefficient (Wildman–Crippen LogP) is 9.13. The van der Waals surface area contributed by atoms with Crippen molar-refractivity contribution in [3.05, 3.63) is 125 Å². The Morgan fingerprint density at radius 1 is 0.556 bits per heavy atom. The number of nitro groups is 1. The Bertz CT molecular complexity index is 1970. The summed E-state index contributed by atoms with van der Waals surface area (Å²) in [5.74, 6) is 0. The van der Waals surface area contributed by atoms with E-state index in [-0.39, 0.29) is 10.6 Å². The molecule has 0 saturated heterocycles. The van der Waals surface area contributed by atoms with Crippen LogP contribution in [0.4, 0.5) is 5.69 Å². The van der Waals surface area contributed by atoms with E-state index in [2.05, 4.69) is 24.3 Å². The topological polar surface area (TPSA) is 56.3 Å². The molecule has 0 fully saturated rings. The fourth-order valence-electron chi connectivity index (χ4n) is 5.34. The first-order chi connectivity index (χ1) is 17.7. The van der Waals surface area contributed by atoms with Crippen molar-refractivity contribution in [2.24, 2.45) is 0 Å². The number of rotatable bonds is 3. The van der Waals surface area contributed by atoms with Gasteiger partial charge in [0.2, 0.25) is 0 Å². The summed E-state index contributed by atoms with van der Waals surface area (Å²) in [5, 5.41) is 18.5. The zero-order valence-corrected chi connectivity index (χ0v) is 19.1. The molecule has 0 radical (unpaired) electrons. The number of benzene rings is 6. The minimum Gasteiger partial charge on any atom is -0.456 e. The third-order valence-electron chi connectivity index (χ3n) is 6.96. The Labute approximate surface area is 206 Å². The van der Waals surface area contributed by atoms with Crippen molar-refractivity contribution in [2.45, 2.75) is 0 Å². The van der Waals surface area contributed by atoms with E-state index >= 15 is 0 Å². The van der Waals surface area contributed by atoms with Crippen LogP contribution in [-0.2, 0) is 0 Å². The number of nitro benzene ring substituents is 1. The lowest BCUT2D eigenvalue weighted by Crippen LogP contribution is -1.94. The molecule has 0 spiro atoms. The normalized spacial score (nSPS) is 11.6. The SMILES string of the molecule is O=[N+]([O-])c1ccc(-c2ccccc2)cc1-c1cc2oc3ccc4ccccc4c3c2c2ccccc12. The molecule has 0 aliphatic carbocycles. The lowest BCUT2D eigenvalue weighted by molar-refractivity contribution is -0.384. The van der Waals surface area contributed by atoms with E-state index in [1.165, 1.54) is 0 Å². The summed E-state index contributed by atoms with van der Waals surface area (Å²) < 4.78 is 6.38. The van der Waals surface area contributed by atoms with Crippen molar-refractivity contribution in [2.75, 3.05) is 0 Å². The van der Waals surface area contributed by atoms with E-state index in [0.29, 0.717) is 5.56 Å². The number of nitrogens with zero attached hydrogens (tertiary/aromatic N) is 1. The van der Waals surface area contributed by atoms with Gasteiger partial charge in [-0.1, -0.05) is 84.9 Å². The van der Waals surface area contributed by atoms with E-state index in [1.807, 2.05) is 84.9 Å². The molecular formula is C32H19NO3. The van der Waals surface area contributed by atoms with Crippen molar-refractivity contribution in [1.82, 2.24) is 0 Å². The largest absolute Gasteiger partial charge is 0.456 e. The summed E-state index contributed by atoms with van der Waals surface area (Å²) in [7, 11) is 0. The van der Waals surface area contributed by atoms with Gasteiger partial charge in [-0.2, -0.15) is 0 Å². The van der Waals surface area contributed by atoms with Crippen LogP contribution in [0.5, 0.6) is 0 Å². The van der Waals surface area contributed by atoms with Crippen LogP contribution in [0.3, 0.4) is 0 Å². The van der Waals surface area contributed by atoms with Crippen molar-refractivity contribution in [3.63, 3.8) is 0 Å². The molecule has 6 aromatic carbocycles. The summed E-state index contributed by atoms with van der Waals surface area (Å²) >= 11 is 0.